The molecule has 0 spiro atoms. The summed E-state index contributed by atoms with van der Waals surface area (Å²) >= 11 is 5.99. The predicted octanol–water partition coefficient (Wildman–Crippen LogP) is 4.60. The van der Waals surface area contributed by atoms with E-state index in [4.69, 9.17) is 26.5 Å². The molecule has 0 bridgehead atoms. The Morgan fingerprint density at radius 2 is 1.71 bits per heavy atom. The second-order valence-corrected chi connectivity index (χ2v) is 7.50. The maximum absolute atomic E-state index is 5.99. The van der Waals surface area contributed by atoms with Crippen LogP contribution in [-0.2, 0) is 13.1 Å². The number of rotatable bonds is 10. The maximum atomic E-state index is 5.99. The number of nitrogens with one attached hydrogen (secondary N) is 1. The Balaban J connectivity index is 1.37. The second-order valence-electron chi connectivity index (χ2n) is 7.06. The average molecular weight is 434 g/mol. The highest BCUT2D eigenvalue weighted by molar-refractivity contribution is 6.30. The molecule has 0 saturated carbocycles. The fourth-order valence-electron chi connectivity index (χ4n) is 3.16. The van der Waals surface area contributed by atoms with Crippen molar-refractivity contribution in [2.75, 3.05) is 13.2 Å². The van der Waals surface area contributed by atoms with Crippen LogP contribution in [0.2, 0.25) is 5.02 Å². The molecule has 1 N–H and O–H groups in total. The molecule has 31 heavy (non-hydrogen) atoms. The van der Waals surface area contributed by atoms with E-state index in [9.17, 15) is 0 Å². The summed E-state index contributed by atoms with van der Waals surface area (Å²) in [4.78, 5) is 5.90. The largest absolute Gasteiger partial charge is 0.478 e. The minimum Gasteiger partial charge on any atom is -0.478 e. The Labute approximate surface area is 186 Å². The van der Waals surface area contributed by atoms with Crippen molar-refractivity contribution in [3.63, 3.8) is 0 Å². The van der Waals surface area contributed by atoms with Gasteiger partial charge in [-0.15, -0.1) is 0 Å². The number of hydrogen-bond acceptors (Lipinski definition) is 5. The Hall–Kier alpha value is -3.22. The van der Waals surface area contributed by atoms with Crippen molar-refractivity contribution in [1.29, 1.82) is 0 Å². The summed E-state index contributed by atoms with van der Waals surface area (Å²) in [6.45, 7) is 2.65. The third kappa shape index (κ3) is 6.13. The van der Waals surface area contributed by atoms with E-state index in [-0.39, 0.29) is 0 Å². The summed E-state index contributed by atoms with van der Waals surface area (Å²) in [5.41, 5.74) is 3.97. The van der Waals surface area contributed by atoms with Crippen LogP contribution in [0.1, 0.15) is 17.7 Å². The highest BCUT2D eigenvalue weighted by Gasteiger charge is 2.13. The Morgan fingerprint density at radius 3 is 2.48 bits per heavy atom. The van der Waals surface area contributed by atoms with Gasteiger partial charge in [0.15, 0.2) is 0 Å². The zero-order valence-corrected chi connectivity index (χ0v) is 17.9. The van der Waals surface area contributed by atoms with Crippen LogP contribution in [0.3, 0.4) is 0 Å². The molecule has 2 aromatic carbocycles. The SMILES string of the molecule is Clc1ccc(Cn2nc(CNCCCOc3ccccn3)c(-c3ccccc3)n2)cc1. The van der Waals surface area contributed by atoms with E-state index in [1.165, 1.54) is 0 Å². The highest BCUT2D eigenvalue weighted by atomic mass is 35.5. The van der Waals surface area contributed by atoms with Gasteiger partial charge in [0.05, 0.1) is 13.2 Å². The van der Waals surface area contributed by atoms with Gasteiger partial charge >= 0.3 is 0 Å². The average Bonchev–Trinajstić information content (AvgIpc) is 3.21. The minimum atomic E-state index is 0.592. The van der Waals surface area contributed by atoms with E-state index in [1.807, 2.05) is 60.7 Å². The monoisotopic (exact) mass is 433 g/mol. The number of nitrogens with zero attached hydrogens (tertiary/aromatic N) is 4. The van der Waals surface area contributed by atoms with Gasteiger partial charge in [0.2, 0.25) is 5.88 Å². The van der Waals surface area contributed by atoms with Crippen molar-refractivity contribution in [2.45, 2.75) is 19.5 Å². The van der Waals surface area contributed by atoms with Crippen molar-refractivity contribution in [3.05, 3.63) is 95.3 Å². The molecule has 0 saturated heterocycles. The molecular formula is C24H24ClN5O. The zero-order chi connectivity index (χ0) is 21.3. The van der Waals surface area contributed by atoms with Crippen LogP contribution in [0.5, 0.6) is 5.88 Å². The van der Waals surface area contributed by atoms with Gasteiger partial charge in [-0.3, -0.25) is 0 Å². The minimum absolute atomic E-state index is 0.592. The fourth-order valence-corrected chi connectivity index (χ4v) is 3.28. The third-order valence-corrected chi connectivity index (χ3v) is 4.94. The molecule has 0 unspecified atom stereocenters. The van der Waals surface area contributed by atoms with Crippen molar-refractivity contribution >= 4 is 11.6 Å². The van der Waals surface area contributed by atoms with Crippen molar-refractivity contribution in [1.82, 2.24) is 25.3 Å². The molecule has 0 fully saturated rings. The van der Waals surface area contributed by atoms with Crippen molar-refractivity contribution < 1.29 is 4.74 Å². The van der Waals surface area contributed by atoms with Gasteiger partial charge in [-0.25, -0.2) is 4.98 Å². The Morgan fingerprint density at radius 1 is 0.903 bits per heavy atom. The van der Waals surface area contributed by atoms with Crippen LogP contribution >= 0.6 is 11.6 Å². The molecular weight excluding hydrogens is 410 g/mol. The number of aromatic nitrogens is 4. The summed E-state index contributed by atoms with van der Waals surface area (Å²) in [6.07, 6.45) is 2.60. The van der Waals surface area contributed by atoms with E-state index in [0.29, 0.717) is 25.6 Å². The lowest BCUT2D eigenvalue weighted by atomic mass is 10.1. The standard InChI is InChI=1S/C24H24ClN5O/c25-21-12-10-19(11-13-21)18-30-28-22(24(29-30)20-7-2-1-3-8-20)17-26-14-6-16-31-23-9-4-5-15-27-23/h1-5,7-13,15,26H,6,14,16-18H2. The molecule has 4 rings (SSSR count). The van der Waals surface area contributed by atoms with E-state index in [0.717, 1.165) is 40.5 Å². The second kappa shape index (κ2) is 10.7. The van der Waals surface area contributed by atoms with E-state index in [2.05, 4.69) is 22.4 Å². The summed E-state index contributed by atoms with van der Waals surface area (Å²) < 4.78 is 5.64. The van der Waals surface area contributed by atoms with Gasteiger partial charge in [-0.1, -0.05) is 60.1 Å². The lowest BCUT2D eigenvalue weighted by molar-refractivity contribution is 0.296. The lowest BCUT2D eigenvalue weighted by Crippen LogP contribution is -2.18. The Kier molecular flexibility index (Phi) is 7.26. The molecule has 0 aliphatic carbocycles. The quantitative estimate of drug-likeness (QED) is 0.370. The highest BCUT2D eigenvalue weighted by Crippen LogP contribution is 2.20. The first-order valence-corrected chi connectivity index (χ1v) is 10.6. The zero-order valence-electron chi connectivity index (χ0n) is 17.1. The fraction of sp³-hybridized carbons (Fsp3) is 0.208. The molecule has 0 aliphatic heterocycles. The summed E-state index contributed by atoms with van der Waals surface area (Å²) in [5.74, 6) is 0.652. The molecule has 7 heteroatoms. The van der Waals surface area contributed by atoms with Crippen LogP contribution in [0.4, 0.5) is 0 Å². The van der Waals surface area contributed by atoms with Gasteiger partial charge < -0.3 is 10.1 Å². The van der Waals surface area contributed by atoms with Gasteiger partial charge in [0.1, 0.15) is 11.4 Å². The molecule has 0 atom stereocenters. The summed E-state index contributed by atoms with van der Waals surface area (Å²) in [6, 6.07) is 23.5. The molecule has 0 aliphatic rings. The van der Waals surface area contributed by atoms with E-state index < -0.39 is 0 Å². The smallest absolute Gasteiger partial charge is 0.213 e. The van der Waals surface area contributed by atoms with Gasteiger partial charge in [-0.2, -0.15) is 15.0 Å². The third-order valence-electron chi connectivity index (χ3n) is 4.69. The molecule has 0 amide bonds. The maximum Gasteiger partial charge on any atom is 0.213 e. The van der Waals surface area contributed by atoms with Crippen LogP contribution in [0, 0.1) is 0 Å². The van der Waals surface area contributed by atoms with Crippen LogP contribution in [0.25, 0.3) is 11.3 Å². The number of halogens is 1. The van der Waals surface area contributed by atoms with E-state index >= 15 is 0 Å². The van der Waals surface area contributed by atoms with Crippen molar-refractivity contribution in [3.8, 4) is 17.1 Å². The van der Waals surface area contributed by atoms with E-state index in [1.54, 1.807) is 11.0 Å². The molecule has 2 heterocycles. The van der Waals surface area contributed by atoms with Crippen LogP contribution in [0.15, 0.2) is 79.0 Å². The number of pyridine rings is 1. The lowest BCUT2D eigenvalue weighted by Gasteiger charge is -2.06. The summed E-state index contributed by atoms with van der Waals surface area (Å²) in [5, 5.41) is 13.7. The first-order chi connectivity index (χ1) is 15.3. The van der Waals surface area contributed by atoms with Gasteiger partial charge in [-0.05, 0) is 36.7 Å². The van der Waals surface area contributed by atoms with Crippen LogP contribution < -0.4 is 10.1 Å². The topological polar surface area (TPSA) is 64.9 Å². The molecule has 4 aromatic rings. The number of ether oxygens (including phenoxy) is 1. The molecule has 6 nitrogen and oxygen atoms in total. The number of hydrogen-bond donors (Lipinski definition) is 1. The van der Waals surface area contributed by atoms with Crippen molar-refractivity contribution in [2.24, 2.45) is 0 Å². The predicted molar refractivity (Wildman–Crippen MR) is 122 cm³/mol. The van der Waals surface area contributed by atoms with Gasteiger partial charge in [0.25, 0.3) is 0 Å². The van der Waals surface area contributed by atoms with Crippen LogP contribution in [-0.4, -0.2) is 33.1 Å². The molecule has 158 valence electrons. The Bertz CT molecular complexity index is 1070. The summed E-state index contributed by atoms with van der Waals surface area (Å²) in [7, 11) is 0. The number of benzene rings is 2. The first-order valence-electron chi connectivity index (χ1n) is 10.3. The normalized spacial score (nSPS) is 10.9. The molecule has 0 radical (unpaired) electrons. The first kappa shape index (κ1) is 21.0. The van der Waals surface area contributed by atoms with Gasteiger partial charge in [0, 0.05) is 29.4 Å². The molecule has 2 aromatic heterocycles.